The average molecular weight is 288 g/mol. The molecule has 0 amide bonds. The van der Waals surface area contributed by atoms with Gasteiger partial charge >= 0.3 is 0 Å². The highest BCUT2D eigenvalue weighted by Gasteiger charge is 2.32. The molecule has 1 aliphatic rings. The van der Waals surface area contributed by atoms with E-state index in [4.69, 9.17) is 15.3 Å². The van der Waals surface area contributed by atoms with Crippen LogP contribution in [0.3, 0.4) is 0 Å². The Bertz CT molecular complexity index is 623. The van der Waals surface area contributed by atoms with Gasteiger partial charge in [-0.25, -0.2) is 9.82 Å². The van der Waals surface area contributed by atoms with Crippen molar-refractivity contribution in [3.8, 4) is 11.5 Å². The molecule has 5 heteroatoms. The van der Waals surface area contributed by atoms with Crippen LogP contribution in [0.5, 0.6) is 11.5 Å². The summed E-state index contributed by atoms with van der Waals surface area (Å²) in [5, 5.41) is 0. The Morgan fingerprint density at radius 1 is 1.33 bits per heavy atom. The van der Waals surface area contributed by atoms with E-state index in [9.17, 15) is 4.39 Å². The van der Waals surface area contributed by atoms with Crippen molar-refractivity contribution in [1.82, 2.24) is 5.43 Å². The Morgan fingerprint density at radius 3 is 2.81 bits per heavy atom. The lowest BCUT2D eigenvalue weighted by Crippen LogP contribution is -2.39. The molecule has 2 aromatic carbocycles. The lowest BCUT2D eigenvalue weighted by atomic mass is 9.97. The van der Waals surface area contributed by atoms with Crippen LogP contribution in [0.2, 0.25) is 0 Å². The molecule has 0 spiro atoms. The number of halogens is 1. The van der Waals surface area contributed by atoms with Gasteiger partial charge < -0.3 is 9.47 Å². The third kappa shape index (κ3) is 2.57. The van der Waals surface area contributed by atoms with Gasteiger partial charge in [0.2, 0.25) is 0 Å². The maximum absolute atomic E-state index is 14.2. The summed E-state index contributed by atoms with van der Waals surface area (Å²) in [6.07, 6.45) is 0.451. The standard InChI is InChI=1S/C16H17FN2O2/c1-20-11-6-7-12(13(17)9-11)16(19-18)15-8-10-4-2-3-5-14(10)21-15/h2-7,9,15-16,19H,8,18H2,1H3. The molecule has 0 aliphatic carbocycles. The lowest BCUT2D eigenvalue weighted by molar-refractivity contribution is 0.176. The fourth-order valence-corrected chi connectivity index (χ4v) is 2.68. The highest BCUT2D eigenvalue weighted by Crippen LogP contribution is 2.35. The van der Waals surface area contributed by atoms with E-state index in [-0.39, 0.29) is 11.9 Å². The van der Waals surface area contributed by atoms with Crippen LogP contribution in [0.4, 0.5) is 4.39 Å². The van der Waals surface area contributed by atoms with Gasteiger partial charge in [-0.05, 0) is 17.7 Å². The van der Waals surface area contributed by atoms with Crippen molar-refractivity contribution in [3.05, 3.63) is 59.4 Å². The monoisotopic (exact) mass is 288 g/mol. The van der Waals surface area contributed by atoms with E-state index < -0.39 is 6.04 Å². The van der Waals surface area contributed by atoms with Crippen LogP contribution in [0.15, 0.2) is 42.5 Å². The third-order valence-electron chi connectivity index (χ3n) is 3.77. The zero-order chi connectivity index (χ0) is 14.8. The molecule has 1 aliphatic heterocycles. The highest BCUT2D eigenvalue weighted by atomic mass is 19.1. The SMILES string of the molecule is COc1ccc(C(NN)C2Cc3ccccc3O2)c(F)c1. The van der Waals surface area contributed by atoms with Crippen molar-refractivity contribution in [2.75, 3.05) is 7.11 Å². The molecule has 2 atom stereocenters. The van der Waals surface area contributed by atoms with Gasteiger partial charge in [0.15, 0.2) is 0 Å². The molecular weight excluding hydrogens is 271 g/mol. The van der Waals surface area contributed by atoms with E-state index in [0.717, 1.165) is 11.3 Å². The molecule has 21 heavy (non-hydrogen) atoms. The summed E-state index contributed by atoms with van der Waals surface area (Å²) in [7, 11) is 1.50. The van der Waals surface area contributed by atoms with Crippen LogP contribution in [0, 0.1) is 5.82 Å². The summed E-state index contributed by atoms with van der Waals surface area (Å²) >= 11 is 0. The number of benzene rings is 2. The van der Waals surface area contributed by atoms with Crippen LogP contribution < -0.4 is 20.7 Å². The number of para-hydroxylation sites is 1. The van der Waals surface area contributed by atoms with E-state index in [1.165, 1.54) is 13.2 Å². The first-order valence-electron chi connectivity index (χ1n) is 6.77. The van der Waals surface area contributed by atoms with Crippen LogP contribution in [0.1, 0.15) is 17.2 Å². The quantitative estimate of drug-likeness (QED) is 0.670. The topological polar surface area (TPSA) is 56.5 Å². The number of fused-ring (bicyclic) bond motifs is 1. The van der Waals surface area contributed by atoms with Gasteiger partial charge in [0.25, 0.3) is 0 Å². The Labute approximate surface area is 122 Å². The summed E-state index contributed by atoms with van der Waals surface area (Å²) in [6, 6.07) is 12.1. The maximum Gasteiger partial charge on any atom is 0.131 e. The van der Waals surface area contributed by atoms with Crippen molar-refractivity contribution in [1.29, 1.82) is 0 Å². The predicted molar refractivity (Wildman–Crippen MR) is 77.6 cm³/mol. The molecule has 2 unspecified atom stereocenters. The molecule has 0 bridgehead atoms. The van der Waals surface area contributed by atoms with Gasteiger partial charge in [0.05, 0.1) is 13.2 Å². The van der Waals surface area contributed by atoms with Gasteiger partial charge in [-0.2, -0.15) is 0 Å². The van der Waals surface area contributed by atoms with Crippen molar-refractivity contribution in [2.24, 2.45) is 5.84 Å². The third-order valence-corrected chi connectivity index (χ3v) is 3.77. The second-order valence-electron chi connectivity index (χ2n) is 5.00. The molecule has 3 N–H and O–H groups in total. The smallest absolute Gasteiger partial charge is 0.131 e. The summed E-state index contributed by atoms with van der Waals surface area (Å²) in [5.41, 5.74) is 4.24. The largest absolute Gasteiger partial charge is 0.497 e. The summed E-state index contributed by atoms with van der Waals surface area (Å²) in [5.74, 6) is 6.57. The number of nitrogens with one attached hydrogen (secondary N) is 1. The van der Waals surface area contributed by atoms with Gasteiger partial charge in [-0.1, -0.05) is 24.3 Å². The number of hydrazine groups is 1. The van der Waals surface area contributed by atoms with E-state index in [0.29, 0.717) is 17.7 Å². The van der Waals surface area contributed by atoms with E-state index in [1.54, 1.807) is 12.1 Å². The molecule has 1 heterocycles. The van der Waals surface area contributed by atoms with Crippen LogP contribution in [-0.4, -0.2) is 13.2 Å². The zero-order valence-electron chi connectivity index (χ0n) is 11.7. The Morgan fingerprint density at radius 2 is 2.14 bits per heavy atom. The Hall–Kier alpha value is -2.11. The fraction of sp³-hybridized carbons (Fsp3) is 0.250. The zero-order valence-corrected chi connectivity index (χ0v) is 11.7. The first-order chi connectivity index (χ1) is 10.2. The van der Waals surface area contributed by atoms with E-state index in [2.05, 4.69) is 5.43 Å². The molecule has 0 fully saturated rings. The molecule has 4 nitrogen and oxygen atoms in total. The minimum Gasteiger partial charge on any atom is -0.497 e. The van der Waals surface area contributed by atoms with Gasteiger partial charge in [0, 0.05) is 18.1 Å². The van der Waals surface area contributed by atoms with Crippen LogP contribution in [0.25, 0.3) is 0 Å². The molecule has 0 saturated heterocycles. The van der Waals surface area contributed by atoms with Crippen molar-refractivity contribution in [2.45, 2.75) is 18.6 Å². The van der Waals surface area contributed by atoms with Crippen molar-refractivity contribution in [3.63, 3.8) is 0 Å². The molecule has 0 saturated carbocycles. The first-order valence-corrected chi connectivity index (χ1v) is 6.77. The maximum atomic E-state index is 14.2. The number of rotatable bonds is 4. The lowest BCUT2D eigenvalue weighted by Gasteiger charge is -2.23. The van der Waals surface area contributed by atoms with Gasteiger partial charge in [-0.3, -0.25) is 5.84 Å². The van der Waals surface area contributed by atoms with Gasteiger partial charge in [-0.15, -0.1) is 0 Å². The molecule has 0 radical (unpaired) electrons. The molecule has 110 valence electrons. The second-order valence-corrected chi connectivity index (χ2v) is 5.00. The normalized spacial score (nSPS) is 18.0. The summed E-state index contributed by atoms with van der Waals surface area (Å²) < 4.78 is 25.1. The van der Waals surface area contributed by atoms with E-state index in [1.807, 2.05) is 24.3 Å². The predicted octanol–water partition coefficient (Wildman–Crippen LogP) is 2.34. The molecule has 2 aromatic rings. The number of hydrogen-bond acceptors (Lipinski definition) is 4. The van der Waals surface area contributed by atoms with E-state index >= 15 is 0 Å². The molecular formula is C16H17FN2O2. The molecule has 3 rings (SSSR count). The number of ether oxygens (including phenoxy) is 2. The highest BCUT2D eigenvalue weighted by molar-refractivity contribution is 5.39. The minimum atomic E-state index is -0.427. The number of methoxy groups -OCH3 is 1. The average Bonchev–Trinajstić information content (AvgIpc) is 2.93. The summed E-state index contributed by atoms with van der Waals surface area (Å²) in [4.78, 5) is 0. The van der Waals surface area contributed by atoms with Crippen LogP contribution in [-0.2, 0) is 6.42 Å². The Balaban J connectivity index is 1.87. The van der Waals surface area contributed by atoms with Crippen LogP contribution >= 0.6 is 0 Å². The minimum absolute atomic E-state index is 0.240. The molecule has 0 aromatic heterocycles. The number of nitrogens with two attached hydrogens (primary N) is 1. The summed E-state index contributed by atoms with van der Waals surface area (Å²) in [6.45, 7) is 0. The van der Waals surface area contributed by atoms with Gasteiger partial charge in [0.1, 0.15) is 23.4 Å². The fourth-order valence-electron chi connectivity index (χ4n) is 2.68. The number of hydrogen-bond donors (Lipinski definition) is 2. The Kier molecular flexibility index (Phi) is 3.77. The van der Waals surface area contributed by atoms with Crippen molar-refractivity contribution < 1.29 is 13.9 Å². The van der Waals surface area contributed by atoms with Crippen molar-refractivity contribution >= 4 is 0 Å². The first kappa shape index (κ1) is 13.9. The second kappa shape index (κ2) is 5.71.